The van der Waals surface area contributed by atoms with Crippen molar-refractivity contribution in [2.24, 2.45) is 0 Å². The SMILES string of the molecule is CC1(C)[C@H](C(=O)O)N2C(=O)/C(=C/c3cc(C(=O)NC4CCNC4)ccn3)[C@H]2S1(=O)=O. The van der Waals surface area contributed by atoms with Crippen LogP contribution in [0.15, 0.2) is 23.9 Å². The molecule has 0 bridgehead atoms. The number of nitrogens with zero attached hydrogens (tertiary/aromatic N) is 2. The van der Waals surface area contributed by atoms with Crippen molar-refractivity contribution in [1.29, 1.82) is 0 Å². The molecule has 2 amide bonds. The van der Waals surface area contributed by atoms with Crippen LogP contribution in [0.4, 0.5) is 0 Å². The number of rotatable bonds is 4. The van der Waals surface area contributed by atoms with Gasteiger partial charge in [-0.25, -0.2) is 13.2 Å². The van der Waals surface area contributed by atoms with Crippen LogP contribution in [0.2, 0.25) is 0 Å². The predicted octanol–water partition coefficient (Wildman–Crippen LogP) is -0.615. The molecule has 4 heterocycles. The molecule has 11 heteroatoms. The Morgan fingerprint density at radius 3 is 2.77 bits per heavy atom. The second kappa shape index (κ2) is 6.88. The minimum Gasteiger partial charge on any atom is -0.480 e. The van der Waals surface area contributed by atoms with E-state index in [-0.39, 0.29) is 23.2 Å². The number of hydrogen-bond acceptors (Lipinski definition) is 7. The molecule has 1 aromatic rings. The number of fused-ring (bicyclic) bond motifs is 1. The minimum atomic E-state index is -3.96. The summed E-state index contributed by atoms with van der Waals surface area (Å²) >= 11 is 0. The molecule has 0 aromatic carbocycles. The first-order valence-corrected chi connectivity index (χ1v) is 11.1. The number of carbonyl (C=O) groups is 3. The summed E-state index contributed by atoms with van der Waals surface area (Å²) in [4.78, 5) is 41.7. The minimum absolute atomic E-state index is 0.0352. The number of β-lactam (4-membered cyclic amide) rings is 1. The first-order valence-electron chi connectivity index (χ1n) is 9.54. The molecule has 0 spiro atoms. The molecule has 3 atom stereocenters. The molecular formula is C19H22N4O6S. The van der Waals surface area contributed by atoms with Crippen molar-refractivity contribution in [1.82, 2.24) is 20.5 Å². The molecule has 4 rings (SSSR count). The standard InChI is InChI=1S/C19H22N4O6S/c1-19(2)14(18(26)27)23-16(25)13(17(23)30(19,28)29)8-12-7-10(3-6-21-12)15(24)22-11-4-5-20-9-11/h3,6-8,11,14,17,20H,4-5,9H2,1-2H3,(H,22,24)(H,26,27)/b13-8-/t11?,14-,17+/m0/s1. The Morgan fingerprint density at radius 1 is 1.40 bits per heavy atom. The molecule has 3 saturated heterocycles. The van der Waals surface area contributed by atoms with Gasteiger partial charge in [0.2, 0.25) is 0 Å². The number of aliphatic carboxylic acids is 1. The van der Waals surface area contributed by atoms with E-state index in [0.29, 0.717) is 12.1 Å². The van der Waals surface area contributed by atoms with Crippen LogP contribution in [0, 0.1) is 0 Å². The Bertz CT molecular complexity index is 1070. The van der Waals surface area contributed by atoms with Gasteiger partial charge in [0.15, 0.2) is 21.3 Å². The van der Waals surface area contributed by atoms with Crippen molar-refractivity contribution in [3.63, 3.8) is 0 Å². The number of carbonyl (C=O) groups excluding carboxylic acids is 2. The maximum atomic E-state index is 12.9. The fourth-order valence-corrected chi connectivity index (χ4v) is 6.34. The summed E-state index contributed by atoms with van der Waals surface area (Å²) in [6.07, 6.45) is 3.55. The van der Waals surface area contributed by atoms with Crippen molar-refractivity contribution in [2.75, 3.05) is 13.1 Å². The lowest BCUT2D eigenvalue weighted by Crippen LogP contribution is -2.58. The van der Waals surface area contributed by atoms with Gasteiger partial charge in [0.25, 0.3) is 11.8 Å². The quantitative estimate of drug-likeness (QED) is 0.420. The van der Waals surface area contributed by atoms with Crippen molar-refractivity contribution in [2.45, 2.75) is 42.5 Å². The van der Waals surface area contributed by atoms with Crippen LogP contribution < -0.4 is 10.6 Å². The largest absolute Gasteiger partial charge is 0.480 e. The zero-order valence-electron chi connectivity index (χ0n) is 16.5. The average molecular weight is 434 g/mol. The highest BCUT2D eigenvalue weighted by atomic mass is 32.2. The number of aromatic nitrogens is 1. The number of sulfone groups is 1. The fourth-order valence-electron chi connectivity index (χ4n) is 4.22. The molecule has 30 heavy (non-hydrogen) atoms. The normalized spacial score (nSPS) is 30.1. The molecule has 160 valence electrons. The Kier molecular flexibility index (Phi) is 4.70. The Morgan fingerprint density at radius 2 is 2.13 bits per heavy atom. The number of carboxylic acids is 1. The summed E-state index contributed by atoms with van der Waals surface area (Å²) in [7, 11) is -3.96. The average Bonchev–Trinajstić information content (AvgIpc) is 3.23. The summed E-state index contributed by atoms with van der Waals surface area (Å²) in [6.45, 7) is 4.15. The van der Waals surface area contributed by atoms with E-state index in [1.165, 1.54) is 38.3 Å². The first kappa shape index (κ1) is 20.5. The molecule has 3 aliphatic heterocycles. The number of nitrogens with one attached hydrogen (secondary N) is 2. The molecular weight excluding hydrogens is 412 g/mol. The lowest BCUT2D eigenvalue weighted by Gasteiger charge is -2.37. The van der Waals surface area contributed by atoms with E-state index in [4.69, 9.17) is 0 Å². The highest BCUT2D eigenvalue weighted by Crippen LogP contribution is 2.48. The van der Waals surface area contributed by atoms with E-state index < -0.39 is 37.9 Å². The summed E-state index contributed by atoms with van der Waals surface area (Å²) < 4.78 is 24.2. The van der Waals surface area contributed by atoms with E-state index in [0.717, 1.165) is 17.9 Å². The third kappa shape index (κ3) is 2.91. The van der Waals surface area contributed by atoms with E-state index in [2.05, 4.69) is 15.6 Å². The van der Waals surface area contributed by atoms with Crippen LogP contribution in [-0.2, 0) is 19.4 Å². The smallest absolute Gasteiger partial charge is 0.328 e. The van der Waals surface area contributed by atoms with E-state index >= 15 is 0 Å². The summed E-state index contributed by atoms with van der Waals surface area (Å²) in [6, 6.07) is 1.59. The number of amides is 2. The lowest BCUT2D eigenvalue weighted by molar-refractivity contribution is -0.152. The number of pyridine rings is 1. The van der Waals surface area contributed by atoms with Crippen LogP contribution in [-0.4, -0.2) is 76.5 Å². The first-order chi connectivity index (χ1) is 14.1. The van der Waals surface area contributed by atoms with Crippen LogP contribution >= 0.6 is 0 Å². The van der Waals surface area contributed by atoms with Gasteiger partial charge >= 0.3 is 5.97 Å². The van der Waals surface area contributed by atoms with E-state index in [1.54, 1.807) is 0 Å². The molecule has 3 N–H and O–H groups in total. The molecule has 0 aliphatic carbocycles. The van der Waals surface area contributed by atoms with Gasteiger partial charge in [0.1, 0.15) is 4.75 Å². The predicted molar refractivity (Wildman–Crippen MR) is 106 cm³/mol. The molecule has 1 unspecified atom stereocenters. The van der Waals surface area contributed by atoms with Gasteiger partial charge in [-0.1, -0.05) is 0 Å². The Balaban J connectivity index is 1.63. The molecule has 0 radical (unpaired) electrons. The van der Waals surface area contributed by atoms with E-state index in [1.807, 2.05) is 0 Å². The molecule has 10 nitrogen and oxygen atoms in total. The van der Waals surface area contributed by atoms with Crippen LogP contribution in [0.25, 0.3) is 6.08 Å². The van der Waals surface area contributed by atoms with Gasteiger partial charge in [-0.3, -0.25) is 14.6 Å². The van der Waals surface area contributed by atoms with E-state index in [9.17, 15) is 27.9 Å². The second-order valence-electron chi connectivity index (χ2n) is 8.19. The highest BCUT2D eigenvalue weighted by Gasteiger charge is 2.70. The molecule has 0 saturated carbocycles. The zero-order valence-corrected chi connectivity index (χ0v) is 17.3. The summed E-state index contributed by atoms with van der Waals surface area (Å²) in [5.41, 5.74) is 0.546. The monoisotopic (exact) mass is 434 g/mol. The molecule has 1 aromatic heterocycles. The van der Waals surface area contributed by atoms with Crippen LogP contribution in [0.5, 0.6) is 0 Å². The topological polar surface area (TPSA) is 146 Å². The molecule has 3 aliphatic rings. The zero-order chi connectivity index (χ0) is 21.8. The van der Waals surface area contributed by atoms with Crippen molar-refractivity contribution in [3.8, 4) is 0 Å². The maximum absolute atomic E-state index is 12.9. The highest BCUT2D eigenvalue weighted by molar-refractivity contribution is 7.94. The Hall–Kier alpha value is -2.79. The number of hydrogen-bond donors (Lipinski definition) is 3. The van der Waals surface area contributed by atoms with Gasteiger partial charge < -0.3 is 20.6 Å². The second-order valence-corrected chi connectivity index (χ2v) is 10.8. The summed E-state index contributed by atoms with van der Waals surface area (Å²) in [5.74, 6) is -2.31. The third-order valence-corrected chi connectivity index (χ3v) is 8.70. The Labute approximate surface area is 173 Å². The van der Waals surface area contributed by atoms with Gasteiger partial charge in [-0.15, -0.1) is 0 Å². The van der Waals surface area contributed by atoms with Gasteiger partial charge in [-0.05, 0) is 45.0 Å². The van der Waals surface area contributed by atoms with Crippen molar-refractivity contribution >= 4 is 33.7 Å². The van der Waals surface area contributed by atoms with Gasteiger partial charge in [0.05, 0.1) is 11.3 Å². The van der Waals surface area contributed by atoms with Crippen LogP contribution in [0.1, 0.15) is 36.3 Å². The van der Waals surface area contributed by atoms with Crippen molar-refractivity contribution in [3.05, 3.63) is 35.2 Å². The number of carboxylic acid groups (broad SMARTS) is 1. The maximum Gasteiger partial charge on any atom is 0.328 e. The fraction of sp³-hybridized carbons (Fsp3) is 0.474. The van der Waals surface area contributed by atoms with Crippen molar-refractivity contribution < 1.29 is 27.9 Å². The third-order valence-electron chi connectivity index (χ3n) is 5.94. The van der Waals surface area contributed by atoms with Crippen LogP contribution in [0.3, 0.4) is 0 Å². The van der Waals surface area contributed by atoms with Gasteiger partial charge in [0, 0.05) is 24.3 Å². The van der Waals surface area contributed by atoms with Gasteiger partial charge in [-0.2, -0.15) is 0 Å². The lowest BCUT2D eigenvalue weighted by atomic mass is 9.95. The molecule has 3 fully saturated rings. The summed E-state index contributed by atoms with van der Waals surface area (Å²) in [5, 5.41) is 14.2.